The van der Waals surface area contributed by atoms with Gasteiger partial charge in [0, 0.05) is 38.3 Å². The van der Waals surface area contributed by atoms with Gasteiger partial charge in [0.25, 0.3) is 0 Å². The van der Waals surface area contributed by atoms with Crippen molar-refractivity contribution in [3.63, 3.8) is 0 Å². The van der Waals surface area contributed by atoms with Gasteiger partial charge in [-0.15, -0.1) is 0 Å². The van der Waals surface area contributed by atoms with Crippen LogP contribution in [0.15, 0.2) is 48.5 Å². The highest BCUT2D eigenvalue weighted by Gasteiger charge is 2.19. The molecule has 25 heavy (non-hydrogen) atoms. The maximum absolute atomic E-state index is 12.9. The van der Waals surface area contributed by atoms with Crippen molar-refractivity contribution in [2.75, 3.05) is 39.3 Å². The van der Waals surface area contributed by atoms with Crippen molar-refractivity contribution in [2.45, 2.75) is 6.42 Å². The topological polar surface area (TPSA) is 23.6 Å². The summed E-state index contributed by atoms with van der Waals surface area (Å²) in [6, 6.07) is 12.4. The average molecular weight is 344 g/mol. The van der Waals surface area contributed by atoms with Gasteiger partial charge in [0.15, 0.2) is 5.78 Å². The maximum atomic E-state index is 12.9. The summed E-state index contributed by atoms with van der Waals surface area (Å²) in [6.07, 6.45) is 0.898. The van der Waals surface area contributed by atoms with Gasteiger partial charge >= 0.3 is 0 Å². The van der Waals surface area contributed by atoms with E-state index in [4.69, 9.17) is 0 Å². The molecular formula is C20H22F2N2O. The lowest BCUT2D eigenvalue weighted by atomic mass is 10.1. The van der Waals surface area contributed by atoms with Gasteiger partial charge in [0.1, 0.15) is 11.6 Å². The number of Topliss-reactive ketones (excluding diaryl/α,β-unsaturated/α-hetero) is 1. The van der Waals surface area contributed by atoms with E-state index in [-0.39, 0.29) is 17.4 Å². The largest absolute Gasteiger partial charge is 0.300 e. The molecule has 0 N–H and O–H groups in total. The molecule has 0 atom stereocenters. The van der Waals surface area contributed by atoms with Crippen LogP contribution in [0.4, 0.5) is 8.78 Å². The maximum Gasteiger partial charge on any atom is 0.176 e. The molecule has 132 valence electrons. The van der Waals surface area contributed by atoms with E-state index in [1.807, 2.05) is 12.1 Å². The molecule has 1 saturated heterocycles. The minimum atomic E-state index is -0.327. The molecule has 2 aromatic carbocycles. The summed E-state index contributed by atoms with van der Waals surface area (Å²) < 4.78 is 25.8. The number of carbonyl (C=O) groups excluding carboxylic acids is 1. The highest BCUT2D eigenvalue weighted by molar-refractivity contribution is 5.97. The number of nitrogens with zero attached hydrogens (tertiary/aromatic N) is 2. The number of benzene rings is 2. The highest BCUT2D eigenvalue weighted by Crippen LogP contribution is 2.09. The van der Waals surface area contributed by atoms with Crippen LogP contribution in [0.25, 0.3) is 0 Å². The van der Waals surface area contributed by atoms with Crippen molar-refractivity contribution in [1.29, 1.82) is 0 Å². The Morgan fingerprint density at radius 1 is 0.800 bits per heavy atom. The second kappa shape index (κ2) is 8.32. The van der Waals surface area contributed by atoms with Crippen LogP contribution in [0.2, 0.25) is 0 Å². The molecule has 0 amide bonds. The zero-order valence-electron chi connectivity index (χ0n) is 14.1. The lowest BCUT2D eigenvalue weighted by molar-refractivity contribution is 0.0854. The molecule has 0 spiro atoms. The van der Waals surface area contributed by atoms with Crippen molar-refractivity contribution in [3.8, 4) is 0 Å². The minimum absolute atomic E-state index is 0.0276. The van der Waals surface area contributed by atoms with Gasteiger partial charge in [-0.05, 0) is 48.4 Å². The van der Waals surface area contributed by atoms with Crippen molar-refractivity contribution in [1.82, 2.24) is 9.80 Å². The van der Waals surface area contributed by atoms with E-state index in [1.54, 1.807) is 0 Å². The molecule has 3 nitrogen and oxygen atoms in total. The molecule has 0 unspecified atom stereocenters. The molecule has 0 aromatic heterocycles. The molecule has 1 aliphatic rings. The van der Waals surface area contributed by atoms with Crippen LogP contribution in [0, 0.1) is 11.6 Å². The molecule has 0 aliphatic carbocycles. The lowest BCUT2D eigenvalue weighted by Gasteiger charge is -2.34. The predicted molar refractivity (Wildman–Crippen MR) is 93.7 cm³/mol. The van der Waals surface area contributed by atoms with Crippen molar-refractivity contribution >= 4 is 5.78 Å². The first kappa shape index (κ1) is 17.7. The molecule has 0 bridgehead atoms. The van der Waals surface area contributed by atoms with Crippen LogP contribution in [0.1, 0.15) is 15.9 Å². The highest BCUT2D eigenvalue weighted by atomic mass is 19.1. The number of ketones is 1. The number of piperazine rings is 1. The summed E-state index contributed by atoms with van der Waals surface area (Å²) in [4.78, 5) is 16.7. The standard InChI is InChI=1S/C20H22F2N2O/c21-18-5-1-16(2-6-18)9-10-23-11-13-24(14-12-23)15-20(25)17-3-7-19(22)8-4-17/h1-8H,9-15H2. The van der Waals surface area contributed by atoms with Gasteiger partial charge in [-0.3, -0.25) is 9.69 Å². The minimum Gasteiger partial charge on any atom is -0.300 e. The van der Waals surface area contributed by atoms with E-state index in [0.29, 0.717) is 12.1 Å². The summed E-state index contributed by atoms with van der Waals surface area (Å²) in [7, 11) is 0. The third kappa shape index (κ3) is 5.18. The average Bonchev–Trinajstić information content (AvgIpc) is 2.63. The van der Waals surface area contributed by atoms with Crippen LogP contribution < -0.4 is 0 Å². The Morgan fingerprint density at radius 3 is 1.92 bits per heavy atom. The Balaban J connectivity index is 1.41. The van der Waals surface area contributed by atoms with Crippen LogP contribution >= 0.6 is 0 Å². The molecule has 2 aromatic rings. The van der Waals surface area contributed by atoms with E-state index in [9.17, 15) is 13.6 Å². The van der Waals surface area contributed by atoms with Crippen LogP contribution in [-0.2, 0) is 6.42 Å². The Hall–Kier alpha value is -2.11. The lowest BCUT2D eigenvalue weighted by Crippen LogP contribution is -2.48. The number of carbonyl (C=O) groups is 1. The molecule has 1 fully saturated rings. The number of hydrogen-bond acceptors (Lipinski definition) is 3. The first-order valence-corrected chi connectivity index (χ1v) is 8.58. The predicted octanol–water partition coefficient (Wildman–Crippen LogP) is 3.01. The molecule has 3 rings (SSSR count). The van der Waals surface area contributed by atoms with Gasteiger partial charge in [-0.25, -0.2) is 8.78 Å². The monoisotopic (exact) mass is 344 g/mol. The van der Waals surface area contributed by atoms with Gasteiger partial charge < -0.3 is 4.90 Å². The molecule has 1 aliphatic heterocycles. The second-order valence-electron chi connectivity index (χ2n) is 6.42. The fourth-order valence-electron chi connectivity index (χ4n) is 3.04. The number of halogens is 2. The molecule has 0 saturated carbocycles. The zero-order valence-corrected chi connectivity index (χ0v) is 14.1. The van der Waals surface area contributed by atoms with Gasteiger partial charge in [-0.1, -0.05) is 12.1 Å². The third-order valence-corrected chi connectivity index (χ3v) is 4.63. The van der Waals surface area contributed by atoms with Gasteiger partial charge in [0.05, 0.1) is 6.54 Å². The molecule has 0 radical (unpaired) electrons. The molecule has 1 heterocycles. The fraction of sp³-hybridized carbons (Fsp3) is 0.350. The van der Waals surface area contributed by atoms with Crippen LogP contribution in [0.5, 0.6) is 0 Å². The molecular weight excluding hydrogens is 322 g/mol. The van der Waals surface area contributed by atoms with Crippen LogP contribution in [-0.4, -0.2) is 54.9 Å². The van der Waals surface area contributed by atoms with E-state index >= 15 is 0 Å². The van der Waals surface area contributed by atoms with Crippen LogP contribution in [0.3, 0.4) is 0 Å². The second-order valence-corrected chi connectivity index (χ2v) is 6.42. The SMILES string of the molecule is O=C(CN1CCN(CCc2ccc(F)cc2)CC1)c1ccc(F)cc1. The van der Waals surface area contributed by atoms with Crippen molar-refractivity contribution < 1.29 is 13.6 Å². The smallest absolute Gasteiger partial charge is 0.176 e. The molecule has 5 heteroatoms. The van der Waals surface area contributed by atoms with Gasteiger partial charge in [0.2, 0.25) is 0 Å². The van der Waals surface area contributed by atoms with E-state index in [2.05, 4.69) is 9.80 Å². The summed E-state index contributed by atoms with van der Waals surface area (Å²) in [5.74, 6) is -0.505. The Morgan fingerprint density at radius 2 is 1.32 bits per heavy atom. The Bertz CT molecular complexity index is 693. The fourth-order valence-corrected chi connectivity index (χ4v) is 3.04. The van der Waals surface area contributed by atoms with E-state index in [0.717, 1.165) is 44.7 Å². The third-order valence-electron chi connectivity index (χ3n) is 4.63. The number of rotatable bonds is 6. The summed E-state index contributed by atoms with van der Waals surface area (Å²) in [5.41, 5.74) is 1.69. The number of hydrogen-bond donors (Lipinski definition) is 0. The normalized spacial score (nSPS) is 16.1. The Kier molecular flexibility index (Phi) is 5.89. The quantitative estimate of drug-likeness (QED) is 0.753. The van der Waals surface area contributed by atoms with E-state index < -0.39 is 0 Å². The first-order valence-electron chi connectivity index (χ1n) is 8.58. The van der Waals surface area contributed by atoms with Crippen molar-refractivity contribution in [2.24, 2.45) is 0 Å². The summed E-state index contributed by atoms with van der Waals surface area (Å²) in [6.45, 7) is 4.82. The Labute approximate surface area is 146 Å². The van der Waals surface area contributed by atoms with Gasteiger partial charge in [-0.2, -0.15) is 0 Å². The zero-order chi connectivity index (χ0) is 17.6. The first-order chi connectivity index (χ1) is 12.1. The van der Waals surface area contributed by atoms with Crippen molar-refractivity contribution in [3.05, 3.63) is 71.3 Å². The summed E-state index contributed by atoms with van der Waals surface area (Å²) in [5, 5.41) is 0. The summed E-state index contributed by atoms with van der Waals surface area (Å²) >= 11 is 0. The van der Waals surface area contributed by atoms with E-state index in [1.165, 1.54) is 36.4 Å².